The molecule has 0 amide bonds. The predicted molar refractivity (Wildman–Crippen MR) is 52.2 cm³/mol. The summed E-state index contributed by atoms with van der Waals surface area (Å²) in [5.41, 5.74) is 1.60. The van der Waals surface area contributed by atoms with Gasteiger partial charge >= 0.3 is 5.97 Å². The smallest absolute Gasteiger partial charge is 0.307 e. The number of rotatable bonds is 2. The van der Waals surface area contributed by atoms with Crippen LogP contribution in [0.25, 0.3) is 0 Å². The number of halogens is 1. The molecule has 0 aromatic heterocycles. The van der Waals surface area contributed by atoms with E-state index in [1.54, 1.807) is 13.0 Å². The number of carbonyl (C=O) groups is 1. The van der Waals surface area contributed by atoms with E-state index in [9.17, 15) is 4.79 Å². The molecule has 0 saturated heterocycles. The standard InChI is InChI=1S/C10H8ClNO2/c1-6-2-7(4-10(13)14)8(5-12)3-9(6)11/h2-3H,4H2,1H3,(H,13,14). The first-order valence-corrected chi connectivity index (χ1v) is 4.33. The number of aliphatic carboxylic acids is 1. The van der Waals surface area contributed by atoms with Gasteiger partial charge in [-0.3, -0.25) is 4.79 Å². The number of hydrogen-bond acceptors (Lipinski definition) is 2. The summed E-state index contributed by atoms with van der Waals surface area (Å²) < 4.78 is 0. The van der Waals surface area contributed by atoms with Crippen LogP contribution in [0.5, 0.6) is 0 Å². The first-order valence-electron chi connectivity index (χ1n) is 3.95. The summed E-state index contributed by atoms with van der Waals surface area (Å²) in [5, 5.41) is 17.8. The monoisotopic (exact) mass is 209 g/mol. The molecule has 0 radical (unpaired) electrons. The van der Waals surface area contributed by atoms with Gasteiger partial charge in [-0.15, -0.1) is 0 Å². The van der Waals surface area contributed by atoms with Gasteiger partial charge in [0.25, 0.3) is 0 Å². The van der Waals surface area contributed by atoms with Crippen molar-refractivity contribution in [3.05, 3.63) is 33.8 Å². The molecule has 0 aliphatic heterocycles. The highest BCUT2D eigenvalue weighted by Gasteiger charge is 2.09. The number of carboxylic acid groups (broad SMARTS) is 1. The Morgan fingerprint density at radius 2 is 2.29 bits per heavy atom. The first-order chi connectivity index (χ1) is 6.54. The largest absolute Gasteiger partial charge is 0.481 e. The minimum Gasteiger partial charge on any atom is -0.481 e. The Hall–Kier alpha value is -1.53. The number of nitrogens with zero attached hydrogens (tertiary/aromatic N) is 1. The van der Waals surface area contributed by atoms with Gasteiger partial charge in [-0.1, -0.05) is 17.7 Å². The van der Waals surface area contributed by atoms with Gasteiger partial charge in [0.05, 0.1) is 18.1 Å². The summed E-state index contributed by atoms with van der Waals surface area (Å²) in [4.78, 5) is 10.5. The third kappa shape index (κ3) is 2.24. The first kappa shape index (κ1) is 10.6. The Morgan fingerprint density at radius 1 is 1.64 bits per heavy atom. The average molecular weight is 210 g/mol. The van der Waals surface area contributed by atoms with Gasteiger partial charge < -0.3 is 5.11 Å². The van der Waals surface area contributed by atoms with E-state index in [1.165, 1.54) is 6.07 Å². The van der Waals surface area contributed by atoms with Crippen LogP contribution in [-0.4, -0.2) is 11.1 Å². The second-order valence-corrected chi connectivity index (χ2v) is 3.35. The maximum atomic E-state index is 10.5. The van der Waals surface area contributed by atoms with Crippen molar-refractivity contribution in [3.8, 4) is 6.07 Å². The zero-order valence-electron chi connectivity index (χ0n) is 7.54. The fourth-order valence-electron chi connectivity index (χ4n) is 1.15. The van der Waals surface area contributed by atoms with E-state index in [1.807, 2.05) is 6.07 Å². The Bertz CT molecular complexity index is 421. The summed E-state index contributed by atoms with van der Waals surface area (Å²) in [6, 6.07) is 5.05. The molecule has 0 heterocycles. The average Bonchev–Trinajstić information content (AvgIpc) is 2.10. The normalized spacial score (nSPS) is 9.50. The molecule has 0 aliphatic rings. The molecule has 14 heavy (non-hydrogen) atoms. The second kappa shape index (κ2) is 4.12. The SMILES string of the molecule is Cc1cc(CC(=O)O)c(C#N)cc1Cl. The molecule has 0 bridgehead atoms. The summed E-state index contributed by atoms with van der Waals surface area (Å²) >= 11 is 5.80. The maximum Gasteiger partial charge on any atom is 0.307 e. The minimum atomic E-state index is -0.955. The lowest BCUT2D eigenvalue weighted by atomic mass is 10.0. The number of carboxylic acids is 1. The lowest BCUT2D eigenvalue weighted by Crippen LogP contribution is -2.02. The van der Waals surface area contributed by atoms with Crippen LogP contribution in [0.15, 0.2) is 12.1 Å². The van der Waals surface area contributed by atoms with Crippen LogP contribution in [0.1, 0.15) is 16.7 Å². The van der Waals surface area contributed by atoms with Gasteiger partial charge in [0, 0.05) is 5.02 Å². The van der Waals surface area contributed by atoms with Crippen molar-refractivity contribution in [2.45, 2.75) is 13.3 Å². The van der Waals surface area contributed by atoms with Gasteiger partial charge in [-0.25, -0.2) is 0 Å². The van der Waals surface area contributed by atoms with Gasteiger partial charge in [-0.05, 0) is 24.1 Å². The van der Waals surface area contributed by atoms with E-state index in [-0.39, 0.29) is 6.42 Å². The van der Waals surface area contributed by atoms with Crippen molar-refractivity contribution >= 4 is 17.6 Å². The zero-order valence-corrected chi connectivity index (χ0v) is 8.30. The molecule has 0 atom stereocenters. The van der Waals surface area contributed by atoms with Crippen LogP contribution in [-0.2, 0) is 11.2 Å². The molecule has 0 spiro atoms. The molecule has 1 N–H and O–H groups in total. The highest BCUT2D eigenvalue weighted by atomic mass is 35.5. The van der Waals surface area contributed by atoms with Gasteiger partial charge in [0.15, 0.2) is 0 Å². The molecule has 72 valence electrons. The summed E-state index contributed by atoms with van der Waals surface area (Å²) in [6.07, 6.45) is -0.152. The zero-order chi connectivity index (χ0) is 10.7. The highest BCUT2D eigenvalue weighted by molar-refractivity contribution is 6.31. The summed E-state index contributed by atoms with van der Waals surface area (Å²) in [6.45, 7) is 1.77. The number of hydrogen-bond donors (Lipinski definition) is 1. The lowest BCUT2D eigenvalue weighted by molar-refractivity contribution is -0.136. The van der Waals surface area contributed by atoms with E-state index in [0.717, 1.165) is 5.56 Å². The van der Waals surface area contributed by atoms with Gasteiger partial charge in [0.1, 0.15) is 0 Å². The van der Waals surface area contributed by atoms with Crippen LogP contribution < -0.4 is 0 Å². The molecule has 0 fully saturated rings. The van der Waals surface area contributed by atoms with Crippen molar-refractivity contribution in [2.75, 3.05) is 0 Å². The van der Waals surface area contributed by atoms with Crippen LogP contribution in [0.4, 0.5) is 0 Å². The molecule has 1 rings (SSSR count). The molecule has 0 aliphatic carbocycles. The number of aryl methyl sites for hydroxylation is 1. The Balaban J connectivity index is 3.22. The van der Waals surface area contributed by atoms with Crippen LogP contribution in [0.2, 0.25) is 5.02 Å². The topological polar surface area (TPSA) is 61.1 Å². The molecule has 0 saturated carbocycles. The molecule has 1 aromatic carbocycles. The van der Waals surface area contributed by atoms with Gasteiger partial charge in [-0.2, -0.15) is 5.26 Å². The van der Waals surface area contributed by atoms with E-state index < -0.39 is 5.97 Å². The molecular weight excluding hydrogens is 202 g/mol. The third-order valence-electron chi connectivity index (χ3n) is 1.85. The maximum absolute atomic E-state index is 10.5. The fourth-order valence-corrected chi connectivity index (χ4v) is 1.32. The van der Waals surface area contributed by atoms with E-state index in [4.69, 9.17) is 22.0 Å². The fraction of sp³-hybridized carbons (Fsp3) is 0.200. The van der Waals surface area contributed by atoms with Crippen LogP contribution >= 0.6 is 11.6 Å². The lowest BCUT2D eigenvalue weighted by Gasteiger charge is -2.04. The minimum absolute atomic E-state index is 0.152. The van der Waals surface area contributed by atoms with E-state index in [0.29, 0.717) is 16.1 Å². The van der Waals surface area contributed by atoms with Crippen molar-refractivity contribution in [2.24, 2.45) is 0 Å². The van der Waals surface area contributed by atoms with E-state index in [2.05, 4.69) is 0 Å². The van der Waals surface area contributed by atoms with E-state index >= 15 is 0 Å². The summed E-state index contributed by atoms with van der Waals surface area (Å²) in [5.74, 6) is -0.955. The second-order valence-electron chi connectivity index (χ2n) is 2.94. The van der Waals surface area contributed by atoms with Crippen molar-refractivity contribution in [1.82, 2.24) is 0 Å². The van der Waals surface area contributed by atoms with Crippen molar-refractivity contribution < 1.29 is 9.90 Å². The summed E-state index contributed by atoms with van der Waals surface area (Å²) in [7, 11) is 0. The molecular formula is C10H8ClNO2. The Kier molecular flexibility index (Phi) is 3.10. The van der Waals surface area contributed by atoms with Crippen LogP contribution in [0.3, 0.4) is 0 Å². The van der Waals surface area contributed by atoms with Crippen molar-refractivity contribution in [1.29, 1.82) is 5.26 Å². The molecule has 4 heteroatoms. The molecule has 0 unspecified atom stereocenters. The Labute approximate surface area is 86.5 Å². The number of nitriles is 1. The predicted octanol–water partition coefficient (Wildman–Crippen LogP) is 2.15. The van der Waals surface area contributed by atoms with Crippen LogP contribution in [0, 0.1) is 18.3 Å². The third-order valence-corrected chi connectivity index (χ3v) is 2.25. The highest BCUT2D eigenvalue weighted by Crippen LogP contribution is 2.20. The molecule has 3 nitrogen and oxygen atoms in total. The quantitative estimate of drug-likeness (QED) is 0.812. The molecule has 1 aromatic rings. The number of benzene rings is 1. The van der Waals surface area contributed by atoms with Crippen molar-refractivity contribution in [3.63, 3.8) is 0 Å². The Morgan fingerprint density at radius 3 is 2.79 bits per heavy atom. The van der Waals surface area contributed by atoms with Gasteiger partial charge in [0.2, 0.25) is 0 Å².